The second kappa shape index (κ2) is 8.95. The maximum Gasteiger partial charge on any atom is 0.338 e. The molecule has 0 saturated carbocycles. The Morgan fingerprint density at radius 3 is 2.39 bits per heavy atom. The van der Waals surface area contributed by atoms with Gasteiger partial charge in [0.25, 0.3) is 0 Å². The Labute approximate surface area is 169 Å². The van der Waals surface area contributed by atoms with E-state index in [9.17, 15) is 9.59 Å². The van der Waals surface area contributed by atoms with Crippen LogP contribution in [0.2, 0.25) is 0 Å². The van der Waals surface area contributed by atoms with E-state index in [0.29, 0.717) is 17.9 Å². The number of amides is 2. The molecule has 0 saturated heterocycles. The maximum absolute atomic E-state index is 12.3. The van der Waals surface area contributed by atoms with Crippen molar-refractivity contribution < 1.29 is 9.59 Å². The van der Waals surface area contributed by atoms with Crippen LogP contribution in [0.5, 0.6) is 0 Å². The monoisotopic (exact) mass is 396 g/mol. The zero-order chi connectivity index (χ0) is 20.1. The summed E-state index contributed by atoms with van der Waals surface area (Å²) in [5, 5.41) is 1.69. The molecule has 1 atom stereocenters. The van der Waals surface area contributed by atoms with Gasteiger partial charge in [0.2, 0.25) is 0 Å². The third-order valence-corrected chi connectivity index (χ3v) is 5.49. The number of aldehydes is 1. The SMILES string of the molecule is CC(C)CN(c1ccc(-c2ccccc2)cc1)C1SC=C(C=O)N1C(=O)NN. The van der Waals surface area contributed by atoms with Gasteiger partial charge in [-0.2, -0.15) is 0 Å². The molecule has 146 valence electrons. The molecule has 2 aromatic rings. The number of rotatable bonds is 6. The van der Waals surface area contributed by atoms with Crippen LogP contribution < -0.4 is 16.2 Å². The zero-order valence-corrected chi connectivity index (χ0v) is 16.7. The van der Waals surface area contributed by atoms with Gasteiger partial charge < -0.3 is 4.90 Å². The number of nitrogens with two attached hydrogens (primary N) is 1. The second-order valence-electron chi connectivity index (χ2n) is 6.90. The third kappa shape index (κ3) is 4.21. The number of carbonyl (C=O) groups excluding carboxylic acids is 2. The summed E-state index contributed by atoms with van der Waals surface area (Å²) >= 11 is 1.41. The number of hydrazine groups is 1. The number of urea groups is 1. The molecule has 0 aliphatic carbocycles. The molecule has 3 N–H and O–H groups in total. The average molecular weight is 397 g/mol. The van der Waals surface area contributed by atoms with Crippen LogP contribution in [-0.4, -0.2) is 29.3 Å². The van der Waals surface area contributed by atoms with Gasteiger partial charge in [0, 0.05) is 17.6 Å². The fourth-order valence-electron chi connectivity index (χ4n) is 3.15. The molecule has 1 heterocycles. The van der Waals surface area contributed by atoms with E-state index >= 15 is 0 Å². The number of benzene rings is 2. The molecule has 1 aliphatic rings. The summed E-state index contributed by atoms with van der Waals surface area (Å²) in [6, 6.07) is 17.9. The average Bonchev–Trinajstić information content (AvgIpc) is 3.16. The summed E-state index contributed by atoms with van der Waals surface area (Å²) in [5.74, 6) is 5.70. The van der Waals surface area contributed by atoms with Crippen molar-refractivity contribution in [2.24, 2.45) is 11.8 Å². The summed E-state index contributed by atoms with van der Waals surface area (Å²) in [4.78, 5) is 27.2. The van der Waals surface area contributed by atoms with E-state index < -0.39 is 6.03 Å². The first-order valence-corrected chi connectivity index (χ1v) is 10.0. The van der Waals surface area contributed by atoms with Crippen molar-refractivity contribution in [1.82, 2.24) is 10.3 Å². The van der Waals surface area contributed by atoms with E-state index in [1.165, 1.54) is 16.7 Å². The van der Waals surface area contributed by atoms with Gasteiger partial charge in [-0.25, -0.2) is 10.6 Å². The van der Waals surface area contributed by atoms with Crippen LogP contribution in [-0.2, 0) is 4.79 Å². The van der Waals surface area contributed by atoms with Crippen LogP contribution in [0.3, 0.4) is 0 Å². The fraction of sp³-hybridized carbons (Fsp3) is 0.238. The van der Waals surface area contributed by atoms with E-state index in [1.54, 1.807) is 5.41 Å². The normalized spacial score (nSPS) is 16.1. The largest absolute Gasteiger partial charge is 0.342 e. The van der Waals surface area contributed by atoms with Crippen LogP contribution in [0.15, 0.2) is 65.7 Å². The molecule has 0 aromatic heterocycles. The third-order valence-electron chi connectivity index (χ3n) is 4.41. The lowest BCUT2D eigenvalue weighted by Crippen LogP contribution is -2.52. The molecule has 3 rings (SSSR count). The Hall–Kier alpha value is -2.77. The second-order valence-corrected chi connectivity index (χ2v) is 7.83. The lowest BCUT2D eigenvalue weighted by molar-refractivity contribution is -0.105. The topological polar surface area (TPSA) is 78.7 Å². The number of nitrogens with one attached hydrogen (secondary N) is 1. The smallest absolute Gasteiger partial charge is 0.338 e. The predicted octanol–water partition coefficient (Wildman–Crippen LogP) is 3.77. The van der Waals surface area contributed by atoms with E-state index in [4.69, 9.17) is 5.84 Å². The van der Waals surface area contributed by atoms with Crippen LogP contribution in [0.4, 0.5) is 10.5 Å². The van der Waals surface area contributed by atoms with Gasteiger partial charge >= 0.3 is 6.03 Å². The highest BCUT2D eigenvalue weighted by Crippen LogP contribution is 2.36. The van der Waals surface area contributed by atoms with Gasteiger partial charge in [0.15, 0.2) is 11.8 Å². The predicted molar refractivity (Wildman–Crippen MR) is 114 cm³/mol. The molecule has 6 nitrogen and oxygen atoms in total. The van der Waals surface area contributed by atoms with Crippen molar-refractivity contribution in [1.29, 1.82) is 0 Å². The fourth-order valence-corrected chi connectivity index (χ4v) is 4.28. The molecule has 1 unspecified atom stereocenters. The van der Waals surface area contributed by atoms with E-state index in [0.717, 1.165) is 23.4 Å². The molecule has 0 fully saturated rings. The minimum Gasteiger partial charge on any atom is -0.342 e. The van der Waals surface area contributed by atoms with Crippen molar-refractivity contribution in [2.45, 2.75) is 19.3 Å². The van der Waals surface area contributed by atoms with E-state index in [2.05, 4.69) is 48.4 Å². The highest BCUT2D eigenvalue weighted by molar-refractivity contribution is 8.03. The molecule has 0 radical (unpaired) electrons. The van der Waals surface area contributed by atoms with E-state index in [1.807, 2.05) is 30.3 Å². The van der Waals surface area contributed by atoms with Crippen LogP contribution in [0.1, 0.15) is 13.8 Å². The van der Waals surface area contributed by atoms with Crippen molar-refractivity contribution in [3.63, 3.8) is 0 Å². The molecule has 0 bridgehead atoms. The minimum absolute atomic E-state index is 0.299. The molecule has 1 aliphatic heterocycles. The summed E-state index contributed by atoms with van der Waals surface area (Å²) in [5.41, 5.74) is 5.30. The quantitative estimate of drug-likeness (QED) is 0.336. The minimum atomic E-state index is -0.511. The number of thioether (sulfide) groups is 1. The van der Waals surface area contributed by atoms with E-state index in [-0.39, 0.29) is 5.50 Å². The lowest BCUT2D eigenvalue weighted by Gasteiger charge is -2.37. The summed E-state index contributed by atoms with van der Waals surface area (Å²) in [6.07, 6.45) is 0.675. The summed E-state index contributed by atoms with van der Waals surface area (Å²) in [7, 11) is 0. The summed E-state index contributed by atoms with van der Waals surface area (Å²) in [6.45, 7) is 4.95. The Morgan fingerprint density at radius 2 is 1.82 bits per heavy atom. The molecule has 2 amide bonds. The van der Waals surface area contributed by atoms with Gasteiger partial charge in [-0.3, -0.25) is 15.1 Å². The highest BCUT2D eigenvalue weighted by atomic mass is 32.2. The van der Waals surface area contributed by atoms with Crippen molar-refractivity contribution in [3.05, 3.63) is 65.7 Å². The molecule has 28 heavy (non-hydrogen) atoms. The van der Waals surface area contributed by atoms with Gasteiger partial charge in [0.1, 0.15) is 0 Å². The van der Waals surface area contributed by atoms with Crippen LogP contribution >= 0.6 is 11.8 Å². The van der Waals surface area contributed by atoms with Gasteiger partial charge in [-0.15, -0.1) is 0 Å². The zero-order valence-electron chi connectivity index (χ0n) is 15.9. The Balaban J connectivity index is 1.92. The Morgan fingerprint density at radius 1 is 1.18 bits per heavy atom. The van der Waals surface area contributed by atoms with Gasteiger partial charge in [0.05, 0.1) is 5.70 Å². The number of hydrogen-bond acceptors (Lipinski definition) is 5. The lowest BCUT2D eigenvalue weighted by atomic mass is 10.1. The van der Waals surface area contributed by atoms with Crippen LogP contribution in [0.25, 0.3) is 11.1 Å². The number of nitrogens with zero attached hydrogens (tertiary/aromatic N) is 2. The van der Waals surface area contributed by atoms with Crippen molar-refractivity contribution in [2.75, 3.05) is 11.4 Å². The van der Waals surface area contributed by atoms with Gasteiger partial charge in [-0.1, -0.05) is 68.1 Å². The first kappa shape index (κ1) is 20.0. The Kier molecular flexibility index (Phi) is 6.38. The van der Waals surface area contributed by atoms with Crippen LogP contribution in [0, 0.1) is 5.92 Å². The first-order valence-electron chi connectivity index (χ1n) is 9.08. The molecule has 0 spiro atoms. The number of hydrogen-bond donors (Lipinski definition) is 2. The molecule has 2 aromatic carbocycles. The highest BCUT2D eigenvalue weighted by Gasteiger charge is 2.36. The molecule has 7 heteroatoms. The standard InChI is InChI=1S/C21H24N4O2S/c1-15(2)12-24(21-25(20(27)23-22)19(13-26)14-28-21)18-10-8-17(9-11-18)16-6-4-3-5-7-16/h3-11,13-15,21H,12,22H2,1-2H3,(H,23,27). The number of allylic oxidation sites excluding steroid dienone is 1. The summed E-state index contributed by atoms with van der Waals surface area (Å²) < 4.78 is 0. The Bertz CT molecular complexity index is 852. The maximum atomic E-state index is 12.3. The van der Waals surface area contributed by atoms with Crippen molar-refractivity contribution >= 4 is 29.8 Å². The number of carbonyl (C=O) groups is 2. The first-order chi connectivity index (χ1) is 13.5. The number of anilines is 1. The van der Waals surface area contributed by atoms with Gasteiger partial charge in [-0.05, 0) is 29.2 Å². The molecular formula is C21H24N4O2S. The van der Waals surface area contributed by atoms with Crippen molar-refractivity contribution in [3.8, 4) is 11.1 Å². The molecular weight excluding hydrogens is 372 g/mol.